The maximum Gasteiger partial charge on any atom is 0.254 e. The number of piperazine rings is 1. The molecule has 33 heavy (non-hydrogen) atoms. The number of hydrogen-bond donors (Lipinski definition) is 0. The summed E-state index contributed by atoms with van der Waals surface area (Å²) in [6.07, 6.45) is 3.48. The van der Waals surface area contributed by atoms with Gasteiger partial charge in [0.15, 0.2) is 0 Å². The molecule has 3 heterocycles. The van der Waals surface area contributed by atoms with Gasteiger partial charge in [0.1, 0.15) is 17.9 Å². The minimum atomic E-state index is 0.621. The first-order valence-corrected chi connectivity index (χ1v) is 11.4. The van der Waals surface area contributed by atoms with Gasteiger partial charge in [-0.3, -0.25) is 4.90 Å². The molecule has 1 fully saturated rings. The summed E-state index contributed by atoms with van der Waals surface area (Å²) in [5.41, 5.74) is 7.69. The predicted molar refractivity (Wildman–Crippen MR) is 131 cm³/mol. The molecular weight excluding hydrogens is 412 g/mol. The third-order valence-electron chi connectivity index (χ3n) is 6.58. The summed E-state index contributed by atoms with van der Waals surface area (Å²) in [6, 6.07) is 12.7. The van der Waals surface area contributed by atoms with Crippen LogP contribution in [0.2, 0.25) is 0 Å². The van der Waals surface area contributed by atoms with Gasteiger partial charge in [0.2, 0.25) is 0 Å². The second kappa shape index (κ2) is 8.83. The van der Waals surface area contributed by atoms with E-state index in [-0.39, 0.29) is 0 Å². The predicted octanol–water partition coefficient (Wildman–Crippen LogP) is 4.05. The molecule has 2 aromatic carbocycles. The lowest BCUT2D eigenvalue weighted by molar-refractivity contribution is 0.248. The molecule has 0 aliphatic carbocycles. The fourth-order valence-electron chi connectivity index (χ4n) is 4.85. The van der Waals surface area contributed by atoms with Crippen LogP contribution in [-0.2, 0) is 6.54 Å². The number of anilines is 1. The summed E-state index contributed by atoms with van der Waals surface area (Å²) in [6.45, 7) is 11.4. The van der Waals surface area contributed by atoms with Crippen molar-refractivity contribution in [2.75, 3.05) is 38.2 Å². The standard InChI is InChI=1S/C26H30N6O/c1-18-13-19(2)24(20(3)14-18)16-30-9-11-31(12-10-30)25-23(15-27-26-28-17-29-32(25)26)21-5-7-22(33-4)8-6-21/h5-8,13-15,17H,9-12,16H2,1-4H3. The number of benzene rings is 2. The van der Waals surface area contributed by atoms with Crippen molar-refractivity contribution in [1.82, 2.24) is 24.5 Å². The second-order valence-corrected chi connectivity index (χ2v) is 8.84. The third-order valence-corrected chi connectivity index (χ3v) is 6.58. The average Bonchev–Trinajstić information content (AvgIpc) is 3.30. The third kappa shape index (κ3) is 4.16. The normalized spacial score (nSPS) is 14.7. The Morgan fingerprint density at radius 2 is 1.61 bits per heavy atom. The summed E-state index contributed by atoms with van der Waals surface area (Å²) in [4.78, 5) is 13.8. The number of aromatic nitrogens is 4. The van der Waals surface area contributed by atoms with Gasteiger partial charge in [-0.05, 0) is 55.2 Å². The molecular formula is C26H30N6O. The monoisotopic (exact) mass is 442 g/mol. The molecule has 0 saturated carbocycles. The van der Waals surface area contributed by atoms with Gasteiger partial charge in [0, 0.05) is 44.5 Å². The van der Waals surface area contributed by atoms with Gasteiger partial charge in [-0.15, -0.1) is 0 Å². The van der Waals surface area contributed by atoms with Gasteiger partial charge in [-0.2, -0.15) is 14.6 Å². The number of fused-ring (bicyclic) bond motifs is 1. The van der Waals surface area contributed by atoms with E-state index in [2.05, 4.69) is 69.9 Å². The van der Waals surface area contributed by atoms with Crippen LogP contribution in [0, 0.1) is 20.8 Å². The van der Waals surface area contributed by atoms with E-state index in [9.17, 15) is 0 Å². The van der Waals surface area contributed by atoms with Crippen LogP contribution in [-0.4, -0.2) is 57.8 Å². The number of rotatable bonds is 5. The van der Waals surface area contributed by atoms with E-state index in [1.165, 1.54) is 22.3 Å². The zero-order valence-corrected chi connectivity index (χ0v) is 19.7. The Kier molecular flexibility index (Phi) is 5.72. The van der Waals surface area contributed by atoms with Gasteiger partial charge in [-0.25, -0.2) is 4.98 Å². The van der Waals surface area contributed by atoms with Crippen molar-refractivity contribution in [3.63, 3.8) is 0 Å². The number of ether oxygens (including phenoxy) is 1. The highest BCUT2D eigenvalue weighted by atomic mass is 16.5. The van der Waals surface area contributed by atoms with E-state index in [1.54, 1.807) is 13.4 Å². The zero-order chi connectivity index (χ0) is 22.9. The molecule has 0 radical (unpaired) electrons. The smallest absolute Gasteiger partial charge is 0.254 e. The minimum Gasteiger partial charge on any atom is -0.497 e. The lowest BCUT2D eigenvalue weighted by atomic mass is 9.99. The van der Waals surface area contributed by atoms with Crippen LogP contribution >= 0.6 is 0 Å². The maximum absolute atomic E-state index is 5.33. The first-order valence-electron chi connectivity index (χ1n) is 11.4. The largest absolute Gasteiger partial charge is 0.497 e. The van der Waals surface area contributed by atoms with Crippen LogP contribution in [0.15, 0.2) is 48.9 Å². The summed E-state index contributed by atoms with van der Waals surface area (Å²) < 4.78 is 7.20. The topological polar surface area (TPSA) is 58.8 Å². The molecule has 1 aliphatic heterocycles. The first kappa shape index (κ1) is 21.4. The van der Waals surface area contributed by atoms with Crippen molar-refractivity contribution in [3.05, 3.63) is 71.2 Å². The summed E-state index contributed by atoms with van der Waals surface area (Å²) in [5.74, 6) is 2.51. The van der Waals surface area contributed by atoms with Crippen molar-refractivity contribution in [3.8, 4) is 16.9 Å². The second-order valence-electron chi connectivity index (χ2n) is 8.84. The van der Waals surface area contributed by atoms with E-state index in [4.69, 9.17) is 4.74 Å². The Labute approximate surface area is 194 Å². The van der Waals surface area contributed by atoms with Crippen molar-refractivity contribution in [1.29, 1.82) is 0 Å². The van der Waals surface area contributed by atoms with Gasteiger partial charge < -0.3 is 9.64 Å². The molecule has 2 aromatic heterocycles. The number of aryl methyl sites for hydroxylation is 3. The first-order chi connectivity index (χ1) is 16.0. The number of nitrogens with zero attached hydrogens (tertiary/aromatic N) is 6. The fourth-order valence-corrected chi connectivity index (χ4v) is 4.85. The maximum atomic E-state index is 5.33. The lowest BCUT2D eigenvalue weighted by Gasteiger charge is -2.37. The lowest BCUT2D eigenvalue weighted by Crippen LogP contribution is -2.47. The van der Waals surface area contributed by atoms with E-state index in [0.29, 0.717) is 5.78 Å². The highest BCUT2D eigenvalue weighted by Gasteiger charge is 2.24. The van der Waals surface area contributed by atoms with Crippen LogP contribution in [0.3, 0.4) is 0 Å². The molecule has 5 rings (SSSR count). The van der Waals surface area contributed by atoms with Crippen LogP contribution in [0.4, 0.5) is 5.82 Å². The van der Waals surface area contributed by atoms with Crippen LogP contribution < -0.4 is 9.64 Å². The van der Waals surface area contributed by atoms with Gasteiger partial charge in [0.05, 0.1) is 7.11 Å². The quantitative estimate of drug-likeness (QED) is 0.465. The van der Waals surface area contributed by atoms with Gasteiger partial charge in [0.25, 0.3) is 5.78 Å². The summed E-state index contributed by atoms with van der Waals surface area (Å²) in [5, 5.41) is 4.50. The van der Waals surface area contributed by atoms with Crippen molar-refractivity contribution >= 4 is 11.6 Å². The van der Waals surface area contributed by atoms with Gasteiger partial charge >= 0.3 is 0 Å². The van der Waals surface area contributed by atoms with Crippen LogP contribution in [0.25, 0.3) is 16.9 Å². The molecule has 1 aliphatic rings. The Morgan fingerprint density at radius 3 is 2.27 bits per heavy atom. The molecule has 7 nitrogen and oxygen atoms in total. The summed E-state index contributed by atoms with van der Waals surface area (Å²) >= 11 is 0. The Balaban J connectivity index is 1.41. The Morgan fingerprint density at radius 1 is 0.909 bits per heavy atom. The SMILES string of the molecule is COc1ccc(-c2cnc3ncnn3c2N2CCN(Cc3c(C)cc(C)cc3C)CC2)cc1. The molecule has 0 unspecified atom stereocenters. The minimum absolute atomic E-state index is 0.621. The zero-order valence-electron chi connectivity index (χ0n) is 19.7. The molecule has 0 spiro atoms. The number of methoxy groups -OCH3 is 1. The van der Waals surface area contributed by atoms with E-state index >= 15 is 0 Å². The molecule has 0 N–H and O–H groups in total. The molecule has 7 heteroatoms. The van der Waals surface area contributed by atoms with Gasteiger partial charge in [-0.1, -0.05) is 29.8 Å². The molecule has 0 amide bonds. The van der Waals surface area contributed by atoms with Crippen molar-refractivity contribution in [2.24, 2.45) is 0 Å². The van der Waals surface area contributed by atoms with E-state index < -0.39 is 0 Å². The van der Waals surface area contributed by atoms with Crippen molar-refractivity contribution in [2.45, 2.75) is 27.3 Å². The Hall–Kier alpha value is -3.45. The average molecular weight is 443 g/mol. The summed E-state index contributed by atoms with van der Waals surface area (Å²) in [7, 11) is 1.68. The molecule has 0 atom stereocenters. The van der Waals surface area contributed by atoms with E-state index in [1.807, 2.05) is 22.8 Å². The Bertz CT molecular complexity index is 1250. The highest BCUT2D eigenvalue weighted by Crippen LogP contribution is 2.32. The molecule has 4 aromatic rings. The number of hydrogen-bond acceptors (Lipinski definition) is 6. The van der Waals surface area contributed by atoms with Crippen LogP contribution in [0.1, 0.15) is 22.3 Å². The van der Waals surface area contributed by atoms with E-state index in [0.717, 1.165) is 55.4 Å². The molecule has 170 valence electrons. The van der Waals surface area contributed by atoms with Crippen LogP contribution in [0.5, 0.6) is 5.75 Å². The molecule has 0 bridgehead atoms. The molecule has 1 saturated heterocycles. The van der Waals surface area contributed by atoms with Crippen molar-refractivity contribution < 1.29 is 4.74 Å². The highest BCUT2D eigenvalue weighted by molar-refractivity contribution is 5.77. The fraction of sp³-hybridized carbons (Fsp3) is 0.346.